The van der Waals surface area contributed by atoms with Gasteiger partial charge in [-0.05, 0) is 30.2 Å². The van der Waals surface area contributed by atoms with Gasteiger partial charge in [0, 0.05) is 13.1 Å². The number of hydrogen-bond acceptors (Lipinski definition) is 3. The molecule has 1 fully saturated rings. The summed E-state index contributed by atoms with van der Waals surface area (Å²) >= 11 is 5.96. The molecular weight excluding hydrogens is 365 g/mol. The Morgan fingerprint density at radius 3 is 2.52 bits per heavy atom. The zero-order valence-electron chi connectivity index (χ0n) is 13.4. The lowest BCUT2D eigenvalue weighted by Crippen LogP contribution is -2.33. The van der Waals surface area contributed by atoms with Gasteiger partial charge in [0.05, 0.1) is 21.6 Å². The smallest absolute Gasteiger partial charge is 0.255 e. The lowest BCUT2D eigenvalue weighted by Gasteiger charge is -2.20. The Hall–Kier alpha value is -1.92. The molecule has 2 aromatic carbocycles. The molecule has 0 saturated carbocycles. The summed E-state index contributed by atoms with van der Waals surface area (Å²) in [4.78, 5) is 14.1. The first-order chi connectivity index (χ1) is 11.9. The Kier molecular flexibility index (Phi) is 5.11. The van der Waals surface area contributed by atoms with Gasteiger partial charge < -0.3 is 4.90 Å². The van der Waals surface area contributed by atoms with Crippen LogP contribution in [-0.2, 0) is 9.84 Å². The van der Waals surface area contributed by atoms with E-state index in [1.54, 1.807) is 24.3 Å². The molecule has 4 nitrogen and oxygen atoms in total. The molecule has 0 aliphatic carbocycles. The van der Waals surface area contributed by atoms with Crippen LogP contribution in [0.5, 0.6) is 0 Å². The molecule has 7 heteroatoms. The Labute approximate surface area is 151 Å². The SMILES string of the molecule is O=C(c1ccc(F)cc1Cl)N1CCC(c2ccccc2)S(=O)(=O)CC1. The van der Waals surface area contributed by atoms with Crippen LogP contribution in [0, 0.1) is 5.82 Å². The van der Waals surface area contributed by atoms with Gasteiger partial charge in [0.15, 0.2) is 9.84 Å². The molecule has 1 aliphatic heterocycles. The van der Waals surface area contributed by atoms with Crippen LogP contribution in [0.4, 0.5) is 4.39 Å². The summed E-state index contributed by atoms with van der Waals surface area (Å²) in [5, 5.41) is -0.605. The Morgan fingerprint density at radius 2 is 1.84 bits per heavy atom. The zero-order chi connectivity index (χ0) is 18.0. The van der Waals surface area contributed by atoms with E-state index >= 15 is 0 Å². The van der Waals surface area contributed by atoms with Crippen LogP contribution in [0.15, 0.2) is 48.5 Å². The predicted octanol–water partition coefficient (Wildman–Crippen LogP) is 3.48. The number of nitrogens with zero attached hydrogens (tertiary/aromatic N) is 1. The van der Waals surface area contributed by atoms with Gasteiger partial charge in [0.25, 0.3) is 5.91 Å². The van der Waals surface area contributed by atoms with Crippen molar-refractivity contribution in [2.45, 2.75) is 11.7 Å². The van der Waals surface area contributed by atoms with Crippen molar-refractivity contribution in [3.63, 3.8) is 0 Å². The number of rotatable bonds is 2. The molecular formula is C18H17ClFNO3S. The lowest BCUT2D eigenvalue weighted by atomic mass is 10.1. The molecule has 3 rings (SSSR count). The minimum absolute atomic E-state index is 0.0247. The monoisotopic (exact) mass is 381 g/mol. The van der Waals surface area contributed by atoms with Gasteiger partial charge in [-0.3, -0.25) is 4.79 Å². The van der Waals surface area contributed by atoms with Gasteiger partial charge in [-0.1, -0.05) is 41.9 Å². The van der Waals surface area contributed by atoms with Gasteiger partial charge in [-0.2, -0.15) is 0 Å². The number of sulfone groups is 1. The normalized spacial score (nSPS) is 20.1. The van der Waals surface area contributed by atoms with Crippen molar-refractivity contribution >= 4 is 27.3 Å². The van der Waals surface area contributed by atoms with Crippen molar-refractivity contribution in [2.24, 2.45) is 0 Å². The molecule has 1 heterocycles. The van der Waals surface area contributed by atoms with E-state index in [1.807, 2.05) is 6.07 Å². The third kappa shape index (κ3) is 3.85. The highest BCUT2D eigenvalue weighted by Gasteiger charge is 2.33. The first-order valence-corrected chi connectivity index (χ1v) is 9.98. The Morgan fingerprint density at radius 1 is 1.12 bits per heavy atom. The molecule has 1 saturated heterocycles. The maximum atomic E-state index is 13.2. The summed E-state index contributed by atoms with van der Waals surface area (Å²) in [5.41, 5.74) is 0.912. The average Bonchev–Trinajstić information content (AvgIpc) is 2.73. The highest BCUT2D eigenvalue weighted by Crippen LogP contribution is 2.30. The summed E-state index contributed by atoms with van der Waals surface area (Å²) in [6.45, 7) is 0.392. The highest BCUT2D eigenvalue weighted by atomic mass is 35.5. The summed E-state index contributed by atoms with van der Waals surface area (Å²) in [6.07, 6.45) is 0.316. The topological polar surface area (TPSA) is 54.5 Å². The van der Waals surface area contributed by atoms with E-state index in [-0.39, 0.29) is 28.8 Å². The van der Waals surface area contributed by atoms with Crippen molar-refractivity contribution < 1.29 is 17.6 Å². The minimum atomic E-state index is -3.37. The maximum absolute atomic E-state index is 13.2. The second kappa shape index (κ2) is 7.14. The summed E-state index contributed by atoms with van der Waals surface area (Å²) in [5.74, 6) is -1.02. The van der Waals surface area contributed by atoms with Crippen molar-refractivity contribution in [3.05, 3.63) is 70.5 Å². The number of amides is 1. The molecule has 2 aromatic rings. The Bertz CT molecular complexity index is 886. The largest absolute Gasteiger partial charge is 0.338 e. The van der Waals surface area contributed by atoms with Gasteiger partial charge in [0.1, 0.15) is 5.82 Å². The summed E-state index contributed by atoms with van der Waals surface area (Å²) < 4.78 is 38.4. The average molecular weight is 382 g/mol. The van der Waals surface area contributed by atoms with E-state index in [2.05, 4.69) is 0 Å². The molecule has 1 atom stereocenters. The fourth-order valence-electron chi connectivity index (χ4n) is 3.02. The van der Waals surface area contributed by atoms with Crippen molar-refractivity contribution in [2.75, 3.05) is 18.8 Å². The highest BCUT2D eigenvalue weighted by molar-refractivity contribution is 7.91. The molecule has 1 amide bonds. The van der Waals surface area contributed by atoms with E-state index < -0.39 is 20.9 Å². The molecule has 0 bridgehead atoms. The molecule has 132 valence electrons. The third-order valence-electron chi connectivity index (χ3n) is 4.36. The predicted molar refractivity (Wildman–Crippen MR) is 94.9 cm³/mol. The van der Waals surface area contributed by atoms with Crippen molar-refractivity contribution in [1.82, 2.24) is 4.90 Å². The molecule has 0 aromatic heterocycles. The Balaban J connectivity index is 1.84. The number of hydrogen-bond donors (Lipinski definition) is 0. The van der Waals surface area contributed by atoms with E-state index in [0.29, 0.717) is 13.0 Å². The summed E-state index contributed by atoms with van der Waals surface area (Å²) in [6, 6.07) is 12.6. The maximum Gasteiger partial charge on any atom is 0.255 e. The first kappa shape index (κ1) is 17.9. The van der Waals surface area contributed by atoms with Gasteiger partial charge in [-0.25, -0.2) is 12.8 Å². The second-order valence-electron chi connectivity index (χ2n) is 5.97. The van der Waals surface area contributed by atoms with Gasteiger partial charge in [0.2, 0.25) is 0 Å². The first-order valence-electron chi connectivity index (χ1n) is 7.89. The standard InChI is InChI=1S/C18H17ClFNO3S/c19-16-12-14(20)6-7-15(16)18(22)21-9-8-17(25(23,24)11-10-21)13-4-2-1-3-5-13/h1-7,12,17H,8-11H2. The molecule has 1 aliphatic rings. The van der Waals surface area contributed by atoms with E-state index in [4.69, 9.17) is 11.6 Å². The number of benzene rings is 2. The van der Waals surface area contributed by atoms with E-state index in [9.17, 15) is 17.6 Å². The van der Waals surface area contributed by atoms with Crippen molar-refractivity contribution in [3.8, 4) is 0 Å². The molecule has 25 heavy (non-hydrogen) atoms. The summed E-state index contributed by atoms with van der Waals surface area (Å²) in [7, 11) is -3.37. The number of carbonyl (C=O) groups is 1. The van der Waals surface area contributed by atoms with Gasteiger partial charge >= 0.3 is 0 Å². The zero-order valence-corrected chi connectivity index (χ0v) is 14.9. The van der Waals surface area contributed by atoms with Crippen LogP contribution in [0.3, 0.4) is 0 Å². The van der Waals surface area contributed by atoms with Crippen LogP contribution in [-0.4, -0.2) is 38.1 Å². The van der Waals surface area contributed by atoms with E-state index in [1.165, 1.54) is 17.0 Å². The van der Waals surface area contributed by atoms with Crippen LogP contribution >= 0.6 is 11.6 Å². The molecule has 1 unspecified atom stereocenters. The van der Waals surface area contributed by atoms with Crippen LogP contribution in [0.2, 0.25) is 5.02 Å². The quantitative estimate of drug-likeness (QED) is 0.800. The molecule has 0 spiro atoms. The lowest BCUT2D eigenvalue weighted by molar-refractivity contribution is 0.0766. The third-order valence-corrected chi connectivity index (χ3v) is 6.80. The van der Waals surface area contributed by atoms with Crippen molar-refractivity contribution in [1.29, 1.82) is 0 Å². The van der Waals surface area contributed by atoms with Crippen LogP contribution in [0.1, 0.15) is 27.6 Å². The van der Waals surface area contributed by atoms with Gasteiger partial charge in [-0.15, -0.1) is 0 Å². The van der Waals surface area contributed by atoms with E-state index in [0.717, 1.165) is 11.6 Å². The number of carbonyl (C=O) groups excluding carboxylic acids is 1. The van der Waals surface area contributed by atoms with Crippen LogP contribution < -0.4 is 0 Å². The fraction of sp³-hybridized carbons (Fsp3) is 0.278. The number of halogens is 2. The fourth-order valence-corrected chi connectivity index (χ4v) is 5.07. The second-order valence-corrected chi connectivity index (χ2v) is 8.68. The van der Waals surface area contributed by atoms with Crippen LogP contribution in [0.25, 0.3) is 0 Å². The molecule has 0 radical (unpaired) electrons. The minimum Gasteiger partial charge on any atom is -0.338 e. The molecule has 0 N–H and O–H groups in total.